The smallest absolute Gasteiger partial charge is 0.338 e. The highest BCUT2D eigenvalue weighted by atomic mass is 16.5. The van der Waals surface area contributed by atoms with Crippen molar-refractivity contribution in [1.82, 2.24) is 0 Å². The number of esters is 2. The van der Waals surface area contributed by atoms with Gasteiger partial charge < -0.3 is 9.47 Å². The molecule has 4 nitrogen and oxygen atoms in total. The molecular formula is C24H28O4. The van der Waals surface area contributed by atoms with Gasteiger partial charge in [-0.3, -0.25) is 0 Å². The maximum absolute atomic E-state index is 12.1. The summed E-state index contributed by atoms with van der Waals surface area (Å²) in [5, 5.41) is 0. The van der Waals surface area contributed by atoms with Crippen molar-refractivity contribution in [2.24, 2.45) is 0 Å². The zero-order chi connectivity index (χ0) is 20.4. The Bertz CT molecular complexity index is 788. The first-order valence-corrected chi connectivity index (χ1v) is 9.64. The second-order valence-corrected chi connectivity index (χ2v) is 6.91. The molecule has 28 heavy (non-hydrogen) atoms. The monoisotopic (exact) mass is 380 g/mol. The van der Waals surface area contributed by atoms with E-state index in [0.717, 1.165) is 36.8 Å². The highest BCUT2D eigenvalue weighted by molar-refractivity contribution is 5.90. The summed E-state index contributed by atoms with van der Waals surface area (Å²) in [6.45, 7) is 8.02. The van der Waals surface area contributed by atoms with Crippen LogP contribution >= 0.6 is 0 Å². The van der Waals surface area contributed by atoms with E-state index in [1.807, 2.05) is 12.1 Å². The predicted molar refractivity (Wildman–Crippen MR) is 111 cm³/mol. The van der Waals surface area contributed by atoms with Crippen molar-refractivity contribution in [1.29, 1.82) is 0 Å². The van der Waals surface area contributed by atoms with E-state index in [-0.39, 0.29) is 11.9 Å². The van der Waals surface area contributed by atoms with Gasteiger partial charge in [0.2, 0.25) is 0 Å². The number of benzene rings is 2. The Morgan fingerprint density at radius 2 is 1.29 bits per heavy atom. The molecule has 0 saturated carbocycles. The molecule has 0 unspecified atom stereocenters. The first-order valence-electron chi connectivity index (χ1n) is 9.64. The molecule has 0 aliphatic carbocycles. The van der Waals surface area contributed by atoms with Gasteiger partial charge in [-0.1, -0.05) is 48.5 Å². The Morgan fingerprint density at radius 3 is 1.82 bits per heavy atom. The summed E-state index contributed by atoms with van der Waals surface area (Å²) in [6, 6.07) is 15.8. The van der Waals surface area contributed by atoms with E-state index in [1.165, 1.54) is 5.56 Å². The minimum atomic E-state index is -0.345. The van der Waals surface area contributed by atoms with Crippen LogP contribution in [0.5, 0.6) is 0 Å². The highest BCUT2D eigenvalue weighted by Crippen LogP contribution is 2.20. The third-order valence-electron chi connectivity index (χ3n) is 4.36. The Morgan fingerprint density at radius 1 is 0.786 bits per heavy atom. The van der Waals surface area contributed by atoms with E-state index in [1.54, 1.807) is 19.1 Å². The summed E-state index contributed by atoms with van der Waals surface area (Å²) in [5.74, 6) is -0.645. The van der Waals surface area contributed by atoms with Crippen molar-refractivity contribution in [3.05, 3.63) is 71.8 Å². The van der Waals surface area contributed by atoms with Gasteiger partial charge in [0.1, 0.15) is 0 Å². The number of unbranched alkanes of at least 4 members (excludes halogenated alkanes) is 3. The molecular weight excluding hydrogens is 352 g/mol. The van der Waals surface area contributed by atoms with E-state index in [9.17, 15) is 9.59 Å². The Balaban J connectivity index is 1.64. The van der Waals surface area contributed by atoms with E-state index >= 15 is 0 Å². The molecule has 0 aromatic heterocycles. The average Bonchev–Trinajstić information content (AvgIpc) is 2.70. The fourth-order valence-corrected chi connectivity index (χ4v) is 2.64. The summed E-state index contributed by atoms with van der Waals surface area (Å²) in [4.78, 5) is 23.3. The third kappa shape index (κ3) is 7.03. The minimum absolute atomic E-state index is 0.300. The summed E-state index contributed by atoms with van der Waals surface area (Å²) in [6.07, 6.45) is 3.44. The van der Waals surface area contributed by atoms with Crippen LogP contribution in [0.4, 0.5) is 0 Å². The molecule has 0 aliphatic heterocycles. The van der Waals surface area contributed by atoms with Crippen LogP contribution in [0, 0.1) is 6.92 Å². The van der Waals surface area contributed by atoms with Gasteiger partial charge in [-0.25, -0.2) is 9.59 Å². The van der Waals surface area contributed by atoms with E-state index in [2.05, 4.69) is 37.8 Å². The van der Waals surface area contributed by atoms with Crippen LogP contribution in [0.2, 0.25) is 0 Å². The van der Waals surface area contributed by atoms with Crippen molar-refractivity contribution in [3.8, 4) is 11.1 Å². The Labute approximate surface area is 167 Å². The van der Waals surface area contributed by atoms with Crippen LogP contribution < -0.4 is 0 Å². The molecule has 148 valence electrons. The number of ether oxygens (including phenoxy) is 2. The second-order valence-electron chi connectivity index (χ2n) is 6.91. The van der Waals surface area contributed by atoms with Gasteiger partial charge in [-0.15, -0.1) is 0 Å². The van der Waals surface area contributed by atoms with Crippen LogP contribution in [0.1, 0.15) is 48.5 Å². The van der Waals surface area contributed by atoms with Gasteiger partial charge in [-0.2, -0.15) is 0 Å². The molecule has 0 heterocycles. The molecule has 0 bridgehead atoms. The fourth-order valence-electron chi connectivity index (χ4n) is 2.64. The van der Waals surface area contributed by atoms with E-state index in [0.29, 0.717) is 24.4 Å². The normalized spacial score (nSPS) is 10.4. The molecule has 2 aromatic rings. The van der Waals surface area contributed by atoms with Gasteiger partial charge in [0.25, 0.3) is 0 Å². The lowest BCUT2D eigenvalue weighted by Crippen LogP contribution is -2.07. The van der Waals surface area contributed by atoms with Crippen LogP contribution in [0.25, 0.3) is 11.1 Å². The minimum Gasteiger partial charge on any atom is -0.462 e. The van der Waals surface area contributed by atoms with E-state index < -0.39 is 0 Å². The number of aryl methyl sites for hydroxylation is 1. The van der Waals surface area contributed by atoms with Gasteiger partial charge in [0, 0.05) is 5.57 Å². The molecule has 0 N–H and O–H groups in total. The van der Waals surface area contributed by atoms with Crippen molar-refractivity contribution < 1.29 is 19.1 Å². The van der Waals surface area contributed by atoms with Gasteiger partial charge in [0.15, 0.2) is 0 Å². The number of hydrogen-bond donors (Lipinski definition) is 0. The molecule has 0 fully saturated rings. The molecule has 0 saturated heterocycles. The standard InChI is InChI=1S/C24H28O4/c1-18(2)23(25)27-16-6-4-5-7-17-28-24(26)22-14-12-21(13-15-22)20-10-8-19(3)9-11-20/h8-15H,1,4-7,16-17H2,2-3H3. The lowest BCUT2D eigenvalue weighted by Gasteiger charge is -2.07. The van der Waals surface area contributed by atoms with Crippen LogP contribution in [0.15, 0.2) is 60.7 Å². The largest absolute Gasteiger partial charge is 0.462 e. The molecule has 0 aliphatic rings. The maximum Gasteiger partial charge on any atom is 0.338 e. The third-order valence-corrected chi connectivity index (χ3v) is 4.36. The molecule has 0 radical (unpaired) electrons. The Kier molecular flexibility index (Phi) is 8.47. The molecule has 4 heteroatoms. The summed E-state index contributed by atoms with van der Waals surface area (Å²) in [5.41, 5.74) is 4.39. The average molecular weight is 380 g/mol. The van der Waals surface area contributed by atoms with Crippen molar-refractivity contribution in [2.45, 2.75) is 39.5 Å². The zero-order valence-electron chi connectivity index (χ0n) is 16.7. The second kappa shape index (κ2) is 11.1. The van der Waals surface area contributed by atoms with Crippen molar-refractivity contribution >= 4 is 11.9 Å². The molecule has 2 rings (SSSR count). The van der Waals surface area contributed by atoms with Gasteiger partial charge in [0.05, 0.1) is 18.8 Å². The first kappa shape index (κ1) is 21.4. The van der Waals surface area contributed by atoms with Crippen LogP contribution in [-0.2, 0) is 14.3 Å². The molecule has 0 amide bonds. The number of rotatable bonds is 10. The van der Waals surface area contributed by atoms with Crippen LogP contribution in [-0.4, -0.2) is 25.2 Å². The molecule has 2 aromatic carbocycles. The van der Waals surface area contributed by atoms with Crippen molar-refractivity contribution in [3.63, 3.8) is 0 Å². The maximum atomic E-state index is 12.1. The Hall–Kier alpha value is -2.88. The van der Waals surface area contributed by atoms with Gasteiger partial charge >= 0.3 is 11.9 Å². The van der Waals surface area contributed by atoms with Crippen LogP contribution in [0.3, 0.4) is 0 Å². The lowest BCUT2D eigenvalue weighted by atomic mass is 10.0. The number of hydrogen-bond acceptors (Lipinski definition) is 4. The first-order chi connectivity index (χ1) is 13.5. The quantitative estimate of drug-likeness (QED) is 0.310. The summed E-state index contributed by atoms with van der Waals surface area (Å²) in [7, 11) is 0. The summed E-state index contributed by atoms with van der Waals surface area (Å²) < 4.78 is 10.4. The predicted octanol–water partition coefficient (Wildman–Crippen LogP) is 5.50. The topological polar surface area (TPSA) is 52.6 Å². The van der Waals surface area contributed by atoms with E-state index in [4.69, 9.17) is 9.47 Å². The molecule has 0 atom stereocenters. The zero-order valence-corrected chi connectivity index (χ0v) is 16.7. The fraction of sp³-hybridized carbons (Fsp3) is 0.333. The van der Waals surface area contributed by atoms with Crippen molar-refractivity contribution in [2.75, 3.05) is 13.2 Å². The lowest BCUT2D eigenvalue weighted by molar-refractivity contribution is -0.139. The highest BCUT2D eigenvalue weighted by Gasteiger charge is 2.07. The van der Waals surface area contributed by atoms with Gasteiger partial charge in [-0.05, 0) is 62.8 Å². The SMILES string of the molecule is C=C(C)C(=O)OCCCCCCOC(=O)c1ccc(-c2ccc(C)cc2)cc1. The number of carbonyl (C=O) groups is 2. The number of carbonyl (C=O) groups excluding carboxylic acids is 2. The molecule has 0 spiro atoms. The summed E-state index contributed by atoms with van der Waals surface area (Å²) >= 11 is 0.